The van der Waals surface area contributed by atoms with Crippen LogP contribution in [0.2, 0.25) is 0 Å². The van der Waals surface area contributed by atoms with Gasteiger partial charge in [-0.2, -0.15) is 4.98 Å². The number of nitrogens with zero attached hydrogens (tertiary/aromatic N) is 3. The Labute approximate surface area is 129 Å². The topological polar surface area (TPSA) is 61.2 Å². The van der Waals surface area contributed by atoms with E-state index >= 15 is 0 Å². The second kappa shape index (κ2) is 5.24. The van der Waals surface area contributed by atoms with Gasteiger partial charge in [-0.05, 0) is 24.3 Å². The second-order valence-electron chi connectivity index (χ2n) is 4.83. The van der Waals surface area contributed by atoms with E-state index in [9.17, 15) is 8.78 Å². The van der Waals surface area contributed by atoms with Crippen molar-refractivity contribution in [3.63, 3.8) is 0 Å². The summed E-state index contributed by atoms with van der Waals surface area (Å²) in [6.07, 6.45) is 1.36. The third-order valence-corrected chi connectivity index (χ3v) is 3.23. The standard InChI is InChI=1S/C15H10F2N4O2/c16-9-3-10(17)5-12(4-9)21-7-18-15(20-21)19-11-1-2-13-14(6-11)23-8-22-13/h1-7H,8H2,(H,19,20). The van der Waals surface area contributed by atoms with E-state index in [4.69, 9.17) is 9.47 Å². The number of rotatable bonds is 3. The molecule has 0 unspecified atom stereocenters. The van der Waals surface area contributed by atoms with Crippen LogP contribution in [-0.4, -0.2) is 21.6 Å². The van der Waals surface area contributed by atoms with Crippen molar-refractivity contribution in [3.05, 3.63) is 54.4 Å². The minimum Gasteiger partial charge on any atom is -0.454 e. The van der Waals surface area contributed by atoms with E-state index in [2.05, 4.69) is 15.4 Å². The van der Waals surface area contributed by atoms with E-state index in [0.29, 0.717) is 17.2 Å². The van der Waals surface area contributed by atoms with Crippen molar-refractivity contribution in [1.82, 2.24) is 14.8 Å². The lowest BCUT2D eigenvalue weighted by Gasteiger charge is -2.03. The molecule has 2 aromatic carbocycles. The van der Waals surface area contributed by atoms with Crippen molar-refractivity contribution >= 4 is 11.6 Å². The van der Waals surface area contributed by atoms with Gasteiger partial charge in [0.2, 0.25) is 12.7 Å². The van der Waals surface area contributed by atoms with Crippen LogP contribution in [-0.2, 0) is 0 Å². The first-order chi connectivity index (χ1) is 11.2. The number of benzene rings is 2. The van der Waals surface area contributed by atoms with E-state index in [1.807, 2.05) is 0 Å². The molecule has 0 radical (unpaired) electrons. The first kappa shape index (κ1) is 13.5. The number of halogens is 2. The molecule has 8 heteroatoms. The zero-order chi connectivity index (χ0) is 15.8. The van der Waals surface area contributed by atoms with Crippen LogP contribution in [0, 0.1) is 11.6 Å². The van der Waals surface area contributed by atoms with Gasteiger partial charge in [0.25, 0.3) is 0 Å². The van der Waals surface area contributed by atoms with E-state index in [1.54, 1.807) is 18.2 Å². The number of hydrogen-bond acceptors (Lipinski definition) is 5. The number of aromatic nitrogens is 3. The lowest BCUT2D eigenvalue weighted by molar-refractivity contribution is 0.174. The monoisotopic (exact) mass is 316 g/mol. The molecule has 3 aromatic rings. The van der Waals surface area contributed by atoms with Crippen molar-refractivity contribution in [3.8, 4) is 17.2 Å². The highest BCUT2D eigenvalue weighted by Crippen LogP contribution is 2.34. The van der Waals surface area contributed by atoms with Gasteiger partial charge in [-0.15, -0.1) is 5.10 Å². The summed E-state index contributed by atoms with van der Waals surface area (Å²) >= 11 is 0. The average molecular weight is 316 g/mol. The average Bonchev–Trinajstić information content (AvgIpc) is 3.14. The van der Waals surface area contributed by atoms with E-state index in [1.165, 1.54) is 23.1 Å². The van der Waals surface area contributed by atoms with Crippen molar-refractivity contribution in [1.29, 1.82) is 0 Å². The van der Waals surface area contributed by atoms with Gasteiger partial charge < -0.3 is 14.8 Å². The third kappa shape index (κ3) is 2.66. The van der Waals surface area contributed by atoms with Gasteiger partial charge in [0.05, 0.1) is 5.69 Å². The molecule has 1 N–H and O–H groups in total. The summed E-state index contributed by atoms with van der Waals surface area (Å²) in [6, 6.07) is 8.45. The highest BCUT2D eigenvalue weighted by atomic mass is 19.1. The maximum absolute atomic E-state index is 13.3. The lowest BCUT2D eigenvalue weighted by Crippen LogP contribution is -1.98. The Morgan fingerprint density at radius 3 is 2.61 bits per heavy atom. The maximum atomic E-state index is 13.3. The Morgan fingerprint density at radius 2 is 1.78 bits per heavy atom. The second-order valence-corrected chi connectivity index (χ2v) is 4.83. The van der Waals surface area contributed by atoms with Crippen molar-refractivity contribution in [2.75, 3.05) is 12.1 Å². The molecular formula is C15H10F2N4O2. The molecule has 0 fully saturated rings. The van der Waals surface area contributed by atoms with Crippen LogP contribution in [0.3, 0.4) is 0 Å². The Hall–Kier alpha value is -3.16. The molecule has 23 heavy (non-hydrogen) atoms. The summed E-state index contributed by atoms with van der Waals surface area (Å²) in [5.41, 5.74) is 0.950. The Balaban J connectivity index is 1.58. The molecule has 0 saturated carbocycles. The van der Waals surface area contributed by atoms with Crippen molar-refractivity contribution < 1.29 is 18.3 Å². The van der Waals surface area contributed by atoms with E-state index in [0.717, 1.165) is 6.07 Å². The summed E-state index contributed by atoms with van der Waals surface area (Å²) in [4.78, 5) is 4.06. The molecule has 0 saturated heterocycles. The molecule has 0 aliphatic carbocycles. The largest absolute Gasteiger partial charge is 0.454 e. The molecule has 1 aliphatic rings. The summed E-state index contributed by atoms with van der Waals surface area (Å²) < 4.78 is 38.3. The highest BCUT2D eigenvalue weighted by Gasteiger charge is 2.14. The van der Waals surface area contributed by atoms with Crippen LogP contribution < -0.4 is 14.8 Å². The van der Waals surface area contributed by atoms with Gasteiger partial charge in [-0.1, -0.05) is 0 Å². The number of fused-ring (bicyclic) bond motifs is 1. The predicted octanol–water partition coefficient (Wildman–Crippen LogP) is 3.02. The zero-order valence-electron chi connectivity index (χ0n) is 11.7. The van der Waals surface area contributed by atoms with E-state index in [-0.39, 0.29) is 18.4 Å². The summed E-state index contributed by atoms with van der Waals surface area (Å²) in [6.45, 7) is 0.191. The zero-order valence-corrected chi connectivity index (χ0v) is 11.7. The minimum absolute atomic E-state index is 0.191. The first-order valence-electron chi connectivity index (χ1n) is 6.72. The summed E-state index contributed by atoms with van der Waals surface area (Å²) in [5, 5.41) is 7.13. The van der Waals surface area contributed by atoms with Crippen molar-refractivity contribution in [2.24, 2.45) is 0 Å². The van der Waals surface area contributed by atoms with Gasteiger partial charge >= 0.3 is 0 Å². The molecule has 1 aliphatic heterocycles. The van der Waals surface area contributed by atoms with E-state index < -0.39 is 11.6 Å². The molecule has 0 atom stereocenters. The molecule has 0 amide bonds. The van der Waals surface area contributed by atoms with Crippen LogP contribution in [0.4, 0.5) is 20.4 Å². The molecule has 116 valence electrons. The SMILES string of the molecule is Fc1cc(F)cc(-n2cnc(Nc3ccc4c(c3)OCO4)n2)c1. The van der Waals surface area contributed by atoms with Crippen LogP contribution in [0.5, 0.6) is 11.5 Å². The molecule has 0 spiro atoms. The third-order valence-electron chi connectivity index (χ3n) is 3.23. The van der Waals surface area contributed by atoms with Crippen LogP contribution in [0.15, 0.2) is 42.7 Å². The summed E-state index contributed by atoms with van der Waals surface area (Å²) in [7, 11) is 0. The summed E-state index contributed by atoms with van der Waals surface area (Å²) in [5.74, 6) is 0.223. The van der Waals surface area contributed by atoms with Crippen molar-refractivity contribution in [2.45, 2.75) is 0 Å². The van der Waals surface area contributed by atoms with Crippen LogP contribution >= 0.6 is 0 Å². The van der Waals surface area contributed by atoms with Gasteiger partial charge in [0, 0.05) is 17.8 Å². The number of anilines is 2. The quantitative estimate of drug-likeness (QED) is 0.805. The molecular weight excluding hydrogens is 306 g/mol. The molecule has 0 bridgehead atoms. The predicted molar refractivity (Wildman–Crippen MR) is 77.1 cm³/mol. The maximum Gasteiger partial charge on any atom is 0.246 e. The Kier molecular flexibility index (Phi) is 3.07. The first-order valence-corrected chi connectivity index (χ1v) is 6.72. The lowest BCUT2D eigenvalue weighted by atomic mass is 10.3. The normalized spacial score (nSPS) is 12.4. The van der Waals surface area contributed by atoms with Gasteiger partial charge in [0.1, 0.15) is 18.0 Å². The number of hydrogen-bond donors (Lipinski definition) is 1. The minimum atomic E-state index is -0.680. The van der Waals surface area contributed by atoms with Gasteiger partial charge in [-0.3, -0.25) is 0 Å². The molecule has 6 nitrogen and oxygen atoms in total. The van der Waals surface area contributed by atoms with Crippen LogP contribution in [0.1, 0.15) is 0 Å². The Morgan fingerprint density at radius 1 is 1.00 bits per heavy atom. The van der Waals surface area contributed by atoms with Gasteiger partial charge in [-0.25, -0.2) is 13.5 Å². The fourth-order valence-corrected chi connectivity index (χ4v) is 2.22. The molecule has 4 rings (SSSR count). The fourth-order valence-electron chi connectivity index (χ4n) is 2.22. The fraction of sp³-hybridized carbons (Fsp3) is 0.0667. The molecule has 2 heterocycles. The van der Waals surface area contributed by atoms with Crippen LogP contribution in [0.25, 0.3) is 5.69 Å². The smallest absolute Gasteiger partial charge is 0.246 e. The highest BCUT2D eigenvalue weighted by molar-refractivity contribution is 5.60. The van der Waals surface area contributed by atoms with Gasteiger partial charge in [0.15, 0.2) is 11.5 Å². The number of ether oxygens (including phenoxy) is 2. The molecule has 1 aromatic heterocycles. The Bertz CT molecular complexity index is 861. The number of nitrogens with one attached hydrogen (secondary N) is 1.